The molecule has 0 bridgehead atoms. The third-order valence-corrected chi connectivity index (χ3v) is 5.41. The van der Waals surface area contributed by atoms with E-state index in [0.29, 0.717) is 27.4 Å². The van der Waals surface area contributed by atoms with Gasteiger partial charge in [0.05, 0.1) is 0 Å². The predicted octanol–water partition coefficient (Wildman–Crippen LogP) is 3.79. The lowest BCUT2D eigenvalue weighted by atomic mass is 10.2. The molecule has 1 amide bonds. The fourth-order valence-corrected chi connectivity index (χ4v) is 3.86. The molecule has 148 valence electrons. The summed E-state index contributed by atoms with van der Waals surface area (Å²) in [5.41, 5.74) is 0.462. The summed E-state index contributed by atoms with van der Waals surface area (Å²) < 4.78 is 19.7. The van der Waals surface area contributed by atoms with Crippen molar-refractivity contribution in [1.82, 2.24) is 14.8 Å². The van der Waals surface area contributed by atoms with E-state index in [1.807, 2.05) is 0 Å². The zero-order chi connectivity index (χ0) is 20.4. The van der Waals surface area contributed by atoms with Crippen LogP contribution in [0.25, 0.3) is 0 Å². The van der Waals surface area contributed by atoms with Crippen LogP contribution in [0, 0.1) is 5.82 Å². The first-order chi connectivity index (χ1) is 14.0. The Labute approximate surface area is 174 Å². The number of carbonyl (C=O) groups is 2. The van der Waals surface area contributed by atoms with Crippen LogP contribution < -0.4 is 10.1 Å². The molecule has 0 aliphatic carbocycles. The number of anilines is 1. The SMILES string of the molecule is O=C(CC1Sc2nc(COc3ccc(Cl)cc3)nn2C1=O)Nc1ccc(F)cc1. The monoisotopic (exact) mass is 432 g/mol. The Balaban J connectivity index is 1.33. The summed E-state index contributed by atoms with van der Waals surface area (Å²) in [6, 6.07) is 12.3. The van der Waals surface area contributed by atoms with Crippen molar-refractivity contribution < 1.29 is 18.7 Å². The van der Waals surface area contributed by atoms with E-state index in [0.717, 1.165) is 0 Å². The van der Waals surface area contributed by atoms with E-state index in [1.54, 1.807) is 24.3 Å². The Morgan fingerprint density at radius 2 is 1.93 bits per heavy atom. The van der Waals surface area contributed by atoms with Gasteiger partial charge in [0.2, 0.25) is 5.91 Å². The fourth-order valence-electron chi connectivity index (χ4n) is 2.65. The molecule has 10 heteroatoms. The molecule has 1 N–H and O–H groups in total. The second kappa shape index (κ2) is 8.22. The van der Waals surface area contributed by atoms with Crippen LogP contribution in [0.15, 0.2) is 53.7 Å². The van der Waals surface area contributed by atoms with E-state index in [2.05, 4.69) is 15.4 Å². The van der Waals surface area contributed by atoms with Gasteiger partial charge in [-0.1, -0.05) is 23.4 Å². The summed E-state index contributed by atoms with van der Waals surface area (Å²) in [7, 11) is 0. The third kappa shape index (κ3) is 4.57. The van der Waals surface area contributed by atoms with Crippen LogP contribution >= 0.6 is 23.4 Å². The van der Waals surface area contributed by atoms with E-state index in [4.69, 9.17) is 16.3 Å². The van der Waals surface area contributed by atoms with Crippen LogP contribution in [-0.4, -0.2) is 31.8 Å². The molecule has 29 heavy (non-hydrogen) atoms. The Morgan fingerprint density at radius 1 is 1.21 bits per heavy atom. The minimum absolute atomic E-state index is 0.0392. The molecule has 3 aromatic rings. The largest absolute Gasteiger partial charge is 0.486 e. The van der Waals surface area contributed by atoms with E-state index in [9.17, 15) is 14.0 Å². The summed E-state index contributed by atoms with van der Waals surface area (Å²) in [6.07, 6.45) is -0.0392. The van der Waals surface area contributed by atoms with Gasteiger partial charge in [-0.15, -0.1) is 5.10 Å². The second-order valence-electron chi connectivity index (χ2n) is 6.17. The molecule has 1 aromatic heterocycles. The van der Waals surface area contributed by atoms with Crippen molar-refractivity contribution in [2.75, 3.05) is 5.32 Å². The van der Waals surface area contributed by atoms with Gasteiger partial charge >= 0.3 is 0 Å². The van der Waals surface area contributed by atoms with Gasteiger partial charge < -0.3 is 10.1 Å². The van der Waals surface area contributed by atoms with E-state index in [-0.39, 0.29) is 24.8 Å². The maximum Gasteiger partial charge on any atom is 0.263 e. The third-order valence-electron chi connectivity index (χ3n) is 4.03. The minimum Gasteiger partial charge on any atom is -0.486 e. The number of aromatic nitrogens is 3. The van der Waals surface area contributed by atoms with E-state index < -0.39 is 11.1 Å². The van der Waals surface area contributed by atoms with Crippen molar-refractivity contribution in [2.45, 2.75) is 23.4 Å². The molecule has 7 nitrogen and oxygen atoms in total. The first kappa shape index (κ1) is 19.4. The molecule has 2 aromatic carbocycles. The highest BCUT2D eigenvalue weighted by Gasteiger charge is 2.36. The van der Waals surface area contributed by atoms with E-state index >= 15 is 0 Å². The number of ether oxygens (including phenoxy) is 1. The van der Waals surface area contributed by atoms with Crippen molar-refractivity contribution in [3.8, 4) is 5.75 Å². The highest BCUT2D eigenvalue weighted by molar-refractivity contribution is 8.00. The second-order valence-corrected chi connectivity index (χ2v) is 7.78. The van der Waals surface area contributed by atoms with Gasteiger partial charge in [0, 0.05) is 17.1 Å². The first-order valence-corrected chi connectivity index (χ1v) is 9.84. The van der Waals surface area contributed by atoms with Gasteiger partial charge in [0.25, 0.3) is 5.91 Å². The van der Waals surface area contributed by atoms with Crippen molar-refractivity contribution in [1.29, 1.82) is 0 Å². The smallest absolute Gasteiger partial charge is 0.263 e. The number of benzene rings is 2. The zero-order valence-corrected chi connectivity index (χ0v) is 16.4. The molecule has 0 fully saturated rings. The summed E-state index contributed by atoms with van der Waals surface area (Å²) in [6.45, 7) is 0.102. The van der Waals surface area contributed by atoms with Gasteiger partial charge in [0.1, 0.15) is 23.4 Å². The molecule has 4 rings (SSSR count). The standard InChI is InChI=1S/C19H14ClFN4O3S/c20-11-1-7-14(8-2-11)28-10-16-23-19-25(24-16)18(27)15(29-19)9-17(26)22-13-5-3-12(21)4-6-13/h1-8,15H,9-10H2,(H,22,26). The Kier molecular flexibility index (Phi) is 5.50. The molecular formula is C19H14ClFN4O3S. The first-order valence-electron chi connectivity index (χ1n) is 8.58. The number of fused-ring (bicyclic) bond motifs is 1. The van der Waals surface area contributed by atoms with Crippen LogP contribution in [0.2, 0.25) is 5.02 Å². The molecule has 0 radical (unpaired) electrons. The number of hydrogen-bond acceptors (Lipinski definition) is 6. The maximum absolute atomic E-state index is 12.9. The number of carbonyl (C=O) groups excluding carboxylic acids is 2. The zero-order valence-electron chi connectivity index (χ0n) is 14.8. The van der Waals surface area contributed by atoms with Crippen molar-refractivity contribution >= 4 is 40.9 Å². The van der Waals surface area contributed by atoms with Crippen LogP contribution in [-0.2, 0) is 11.4 Å². The molecule has 1 unspecified atom stereocenters. The molecule has 1 aliphatic rings. The normalized spacial score (nSPS) is 15.2. The average molecular weight is 433 g/mol. The molecule has 0 saturated heterocycles. The highest BCUT2D eigenvalue weighted by atomic mass is 35.5. The summed E-state index contributed by atoms with van der Waals surface area (Å²) in [5.74, 6) is -0.0791. The Hall–Kier alpha value is -2.91. The molecule has 2 heterocycles. The lowest BCUT2D eigenvalue weighted by Crippen LogP contribution is -2.25. The van der Waals surface area contributed by atoms with Crippen LogP contribution in [0.4, 0.5) is 10.1 Å². The summed E-state index contributed by atoms with van der Waals surface area (Å²) in [5, 5.41) is 7.22. The lowest BCUT2D eigenvalue weighted by Gasteiger charge is -2.08. The minimum atomic E-state index is -0.614. The molecule has 0 spiro atoms. The number of nitrogens with zero attached hydrogens (tertiary/aromatic N) is 3. The Morgan fingerprint density at radius 3 is 2.62 bits per heavy atom. The topological polar surface area (TPSA) is 86.1 Å². The number of hydrogen-bond donors (Lipinski definition) is 1. The molecular weight excluding hydrogens is 419 g/mol. The average Bonchev–Trinajstić information content (AvgIpc) is 3.22. The number of nitrogens with one attached hydrogen (secondary N) is 1. The number of thioether (sulfide) groups is 1. The maximum atomic E-state index is 12.9. The highest BCUT2D eigenvalue weighted by Crippen LogP contribution is 2.32. The number of amides is 1. The van der Waals surface area contributed by atoms with Gasteiger partial charge in [-0.2, -0.15) is 4.68 Å². The molecule has 0 saturated carbocycles. The van der Waals surface area contributed by atoms with Gasteiger partial charge in [-0.3, -0.25) is 9.59 Å². The van der Waals surface area contributed by atoms with Gasteiger partial charge in [-0.05, 0) is 48.5 Å². The predicted molar refractivity (Wildman–Crippen MR) is 106 cm³/mol. The van der Waals surface area contributed by atoms with Crippen LogP contribution in [0.3, 0.4) is 0 Å². The van der Waals surface area contributed by atoms with Crippen molar-refractivity contribution in [2.24, 2.45) is 0 Å². The molecule has 1 atom stereocenters. The van der Waals surface area contributed by atoms with Gasteiger partial charge in [0.15, 0.2) is 11.0 Å². The number of rotatable bonds is 6. The van der Waals surface area contributed by atoms with Crippen molar-refractivity contribution in [3.05, 3.63) is 65.2 Å². The summed E-state index contributed by atoms with van der Waals surface area (Å²) in [4.78, 5) is 29.0. The van der Waals surface area contributed by atoms with Crippen LogP contribution in [0.1, 0.15) is 17.0 Å². The summed E-state index contributed by atoms with van der Waals surface area (Å²) >= 11 is 7.01. The molecule has 1 aliphatic heterocycles. The van der Waals surface area contributed by atoms with Crippen LogP contribution in [0.5, 0.6) is 5.75 Å². The number of halogens is 2. The Bertz CT molecular complexity index is 1060. The van der Waals surface area contributed by atoms with Crippen molar-refractivity contribution in [3.63, 3.8) is 0 Å². The fraction of sp³-hybridized carbons (Fsp3) is 0.158. The van der Waals surface area contributed by atoms with Gasteiger partial charge in [-0.25, -0.2) is 9.37 Å². The quantitative estimate of drug-likeness (QED) is 0.637. The van der Waals surface area contributed by atoms with E-state index in [1.165, 1.54) is 40.7 Å². The lowest BCUT2D eigenvalue weighted by molar-refractivity contribution is -0.116.